The van der Waals surface area contributed by atoms with E-state index in [9.17, 15) is 13.2 Å². The van der Waals surface area contributed by atoms with Crippen molar-refractivity contribution in [2.75, 3.05) is 24.6 Å². The summed E-state index contributed by atoms with van der Waals surface area (Å²) in [6.07, 6.45) is -0.333. The lowest BCUT2D eigenvalue weighted by Gasteiger charge is -2.33. The fourth-order valence-corrected chi connectivity index (χ4v) is 2.85. The first-order valence-corrected chi connectivity index (χ1v) is 8.09. The molecule has 1 saturated heterocycles. The summed E-state index contributed by atoms with van der Waals surface area (Å²) in [4.78, 5) is 13.1. The minimum absolute atomic E-state index is 0.126. The third-order valence-electron chi connectivity index (χ3n) is 4.12. The van der Waals surface area contributed by atoms with Gasteiger partial charge in [0.2, 0.25) is 5.88 Å². The van der Waals surface area contributed by atoms with Crippen LogP contribution in [0.4, 0.5) is 19.0 Å². The zero-order valence-electron chi connectivity index (χ0n) is 13.8. The van der Waals surface area contributed by atoms with Gasteiger partial charge in [0.15, 0.2) is 0 Å². The van der Waals surface area contributed by atoms with Crippen molar-refractivity contribution in [3.05, 3.63) is 42.0 Å². The van der Waals surface area contributed by atoms with Crippen molar-refractivity contribution in [1.82, 2.24) is 15.0 Å². The Hall–Kier alpha value is -2.89. The van der Waals surface area contributed by atoms with E-state index >= 15 is 0 Å². The van der Waals surface area contributed by atoms with Crippen LogP contribution in [0.2, 0.25) is 0 Å². The van der Waals surface area contributed by atoms with Crippen molar-refractivity contribution in [1.29, 1.82) is 5.26 Å². The number of nitrogens with zero attached hydrogens (tertiary/aromatic N) is 5. The van der Waals surface area contributed by atoms with E-state index in [1.807, 2.05) is 11.0 Å². The summed E-state index contributed by atoms with van der Waals surface area (Å²) in [5, 5.41) is 8.89. The predicted molar refractivity (Wildman–Crippen MR) is 86.4 cm³/mol. The van der Waals surface area contributed by atoms with Gasteiger partial charge in [0.25, 0.3) is 0 Å². The van der Waals surface area contributed by atoms with E-state index in [0.29, 0.717) is 31.1 Å². The molecule has 3 heterocycles. The van der Waals surface area contributed by atoms with E-state index in [0.717, 1.165) is 25.2 Å². The largest absolute Gasteiger partial charge is 0.477 e. The Kier molecular flexibility index (Phi) is 5.21. The van der Waals surface area contributed by atoms with Crippen molar-refractivity contribution in [3.8, 4) is 11.9 Å². The quantitative estimate of drug-likeness (QED) is 0.831. The van der Waals surface area contributed by atoms with Crippen LogP contribution in [0.15, 0.2) is 30.7 Å². The molecule has 3 rings (SSSR count). The first kappa shape index (κ1) is 17.9. The van der Waals surface area contributed by atoms with Crippen LogP contribution in [0, 0.1) is 17.2 Å². The zero-order valence-corrected chi connectivity index (χ0v) is 13.8. The van der Waals surface area contributed by atoms with Gasteiger partial charge >= 0.3 is 6.18 Å². The molecule has 0 radical (unpaired) electrons. The average molecular weight is 363 g/mol. The number of ether oxygens (including phenoxy) is 1. The number of anilines is 1. The van der Waals surface area contributed by atoms with Crippen molar-refractivity contribution >= 4 is 5.82 Å². The Morgan fingerprint density at radius 1 is 1.27 bits per heavy atom. The van der Waals surface area contributed by atoms with Crippen LogP contribution in [-0.2, 0) is 6.18 Å². The highest BCUT2D eigenvalue weighted by atomic mass is 19.4. The maximum absolute atomic E-state index is 12.8. The fraction of sp³-hybridized carbons (Fsp3) is 0.412. The number of hydrogen-bond acceptors (Lipinski definition) is 6. The van der Waals surface area contributed by atoms with E-state index in [-0.39, 0.29) is 11.7 Å². The second-order valence-electron chi connectivity index (χ2n) is 6.02. The lowest BCUT2D eigenvalue weighted by Crippen LogP contribution is -2.38. The average Bonchev–Trinajstić information content (AvgIpc) is 2.66. The Morgan fingerprint density at radius 3 is 2.88 bits per heavy atom. The highest BCUT2D eigenvalue weighted by Gasteiger charge is 2.33. The Bertz CT molecular complexity index is 805. The van der Waals surface area contributed by atoms with Crippen molar-refractivity contribution in [3.63, 3.8) is 0 Å². The van der Waals surface area contributed by atoms with Crippen molar-refractivity contribution in [2.45, 2.75) is 19.0 Å². The molecule has 0 N–H and O–H groups in total. The molecule has 9 heteroatoms. The molecule has 0 bridgehead atoms. The highest BCUT2D eigenvalue weighted by Crippen LogP contribution is 2.30. The number of hydrogen-bond donors (Lipinski definition) is 0. The second kappa shape index (κ2) is 7.56. The van der Waals surface area contributed by atoms with Gasteiger partial charge in [0.05, 0.1) is 18.2 Å². The predicted octanol–water partition coefficient (Wildman–Crippen LogP) is 3.06. The Morgan fingerprint density at radius 2 is 2.12 bits per heavy atom. The van der Waals surface area contributed by atoms with E-state index in [1.165, 1.54) is 6.20 Å². The van der Waals surface area contributed by atoms with Crippen LogP contribution in [-0.4, -0.2) is 34.6 Å². The minimum Gasteiger partial charge on any atom is -0.477 e. The first-order valence-electron chi connectivity index (χ1n) is 8.09. The normalized spacial score (nSPS) is 17.6. The summed E-state index contributed by atoms with van der Waals surface area (Å²) in [7, 11) is 0. The number of alkyl halides is 3. The summed E-state index contributed by atoms with van der Waals surface area (Å²) in [5.74, 6) is 0.754. The summed E-state index contributed by atoms with van der Waals surface area (Å²) in [6, 6.07) is 6.13. The third-order valence-corrected chi connectivity index (χ3v) is 4.12. The molecule has 1 unspecified atom stereocenters. The number of halogens is 3. The van der Waals surface area contributed by atoms with Crippen LogP contribution < -0.4 is 9.64 Å². The molecular weight excluding hydrogens is 347 g/mol. The van der Waals surface area contributed by atoms with E-state index < -0.39 is 11.9 Å². The molecule has 1 atom stereocenters. The van der Waals surface area contributed by atoms with E-state index in [1.54, 1.807) is 12.1 Å². The number of rotatable bonds is 4. The van der Waals surface area contributed by atoms with Gasteiger partial charge in [0, 0.05) is 37.3 Å². The van der Waals surface area contributed by atoms with Crippen LogP contribution >= 0.6 is 0 Å². The number of piperidine rings is 1. The van der Waals surface area contributed by atoms with E-state index in [4.69, 9.17) is 10.00 Å². The molecule has 2 aromatic rings. The minimum atomic E-state index is -4.49. The SMILES string of the molecule is N#Cc1ccnc(OCC2CCCN(c3cc(C(F)(F)F)ncn3)C2)c1. The Labute approximate surface area is 148 Å². The molecule has 1 aliphatic heterocycles. The molecule has 0 amide bonds. The van der Waals surface area contributed by atoms with Crippen LogP contribution in [0.3, 0.4) is 0 Å². The third kappa shape index (κ3) is 4.39. The van der Waals surface area contributed by atoms with E-state index in [2.05, 4.69) is 15.0 Å². The summed E-state index contributed by atoms with van der Waals surface area (Å²) < 4.78 is 44.1. The first-order chi connectivity index (χ1) is 12.5. The standard InChI is InChI=1S/C17H16F3N5O/c18-17(19,20)14-7-15(24-11-23-14)25-5-1-2-13(9-25)10-26-16-6-12(8-21)3-4-22-16/h3-4,6-7,11,13H,1-2,5,9-10H2. The molecule has 0 spiro atoms. The molecule has 26 heavy (non-hydrogen) atoms. The number of pyridine rings is 1. The molecule has 0 aromatic carbocycles. The molecular formula is C17H16F3N5O. The van der Waals surface area contributed by atoms with Crippen LogP contribution in [0.5, 0.6) is 5.88 Å². The molecule has 1 aliphatic rings. The second-order valence-corrected chi connectivity index (χ2v) is 6.02. The van der Waals surface area contributed by atoms with Crippen molar-refractivity contribution in [2.24, 2.45) is 5.92 Å². The Balaban J connectivity index is 1.63. The van der Waals surface area contributed by atoms with Gasteiger partial charge < -0.3 is 9.64 Å². The number of aromatic nitrogens is 3. The van der Waals surface area contributed by atoms with Gasteiger partial charge in [-0.3, -0.25) is 0 Å². The maximum Gasteiger partial charge on any atom is 0.433 e. The maximum atomic E-state index is 12.8. The summed E-state index contributed by atoms with van der Waals surface area (Å²) >= 11 is 0. The van der Waals surface area contributed by atoms with Crippen molar-refractivity contribution < 1.29 is 17.9 Å². The van der Waals surface area contributed by atoms with Gasteiger partial charge in [-0.25, -0.2) is 15.0 Å². The topological polar surface area (TPSA) is 74.9 Å². The number of nitriles is 1. The highest BCUT2D eigenvalue weighted by molar-refractivity contribution is 5.40. The zero-order chi connectivity index (χ0) is 18.6. The van der Waals surface area contributed by atoms with Crippen LogP contribution in [0.25, 0.3) is 0 Å². The molecule has 1 fully saturated rings. The van der Waals surface area contributed by atoms with Gasteiger partial charge in [-0.2, -0.15) is 18.4 Å². The lowest BCUT2D eigenvalue weighted by atomic mass is 9.99. The fourth-order valence-electron chi connectivity index (χ4n) is 2.85. The smallest absolute Gasteiger partial charge is 0.433 e. The van der Waals surface area contributed by atoms with Gasteiger partial charge in [-0.05, 0) is 18.9 Å². The van der Waals surface area contributed by atoms with Gasteiger partial charge in [-0.15, -0.1) is 0 Å². The summed E-state index contributed by atoms with van der Waals surface area (Å²) in [5.41, 5.74) is -0.487. The molecule has 136 valence electrons. The molecule has 0 aliphatic carbocycles. The lowest BCUT2D eigenvalue weighted by molar-refractivity contribution is -0.141. The molecule has 0 saturated carbocycles. The molecule has 6 nitrogen and oxygen atoms in total. The van der Waals surface area contributed by atoms with Gasteiger partial charge in [-0.1, -0.05) is 0 Å². The van der Waals surface area contributed by atoms with Crippen LogP contribution in [0.1, 0.15) is 24.1 Å². The monoisotopic (exact) mass is 363 g/mol. The van der Waals surface area contributed by atoms with Gasteiger partial charge in [0.1, 0.15) is 17.8 Å². The summed E-state index contributed by atoms with van der Waals surface area (Å²) in [6.45, 7) is 1.54. The molecule has 2 aromatic heterocycles.